The molecule has 1 unspecified atom stereocenters. The molecule has 1 N–H and O–H groups in total. The van der Waals surface area contributed by atoms with Crippen molar-refractivity contribution < 1.29 is 13.9 Å². The van der Waals surface area contributed by atoms with Crippen LogP contribution in [0, 0.1) is 6.92 Å². The van der Waals surface area contributed by atoms with Crippen LogP contribution < -0.4 is 10.1 Å². The second kappa shape index (κ2) is 10.6. The molecular weight excluding hydrogens is 387 g/mol. The Bertz CT molecular complexity index is 730. The van der Waals surface area contributed by atoms with E-state index in [4.69, 9.17) is 20.8 Å². The van der Waals surface area contributed by atoms with Gasteiger partial charge in [-0.05, 0) is 57.1 Å². The predicted octanol–water partition coefficient (Wildman–Crippen LogP) is 4.39. The van der Waals surface area contributed by atoms with Crippen LogP contribution in [0.5, 0.6) is 5.75 Å². The molecular formula is C20H26Cl2N2O3. The standard InChI is InChI=1S/C20H25ClN2O3.ClH/c1-15-9-10-19(26-15)17(23-11-5-2-6-12-23)13-22-20(24)14-25-18-8-4-3-7-16(18)21;/h3-4,7-10,17H,2,5-6,11-14H2,1H3,(H,22,24);1H. The third kappa shape index (κ3) is 6.16. The summed E-state index contributed by atoms with van der Waals surface area (Å²) in [7, 11) is 0. The summed E-state index contributed by atoms with van der Waals surface area (Å²) in [5, 5.41) is 3.47. The molecule has 0 saturated carbocycles. The molecule has 1 aliphatic rings. The maximum Gasteiger partial charge on any atom is 0.258 e. The van der Waals surface area contributed by atoms with Gasteiger partial charge in [0.25, 0.3) is 5.91 Å². The van der Waals surface area contributed by atoms with Crippen LogP contribution in [-0.4, -0.2) is 37.0 Å². The van der Waals surface area contributed by atoms with Gasteiger partial charge in [0.05, 0.1) is 11.1 Å². The summed E-state index contributed by atoms with van der Waals surface area (Å²) in [5.41, 5.74) is 0. The molecule has 148 valence electrons. The van der Waals surface area contributed by atoms with Crippen molar-refractivity contribution >= 4 is 29.9 Å². The van der Waals surface area contributed by atoms with Gasteiger partial charge in [0.15, 0.2) is 6.61 Å². The number of carbonyl (C=O) groups excluding carboxylic acids is 1. The Morgan fingerprint density at radius 1 is 1.22 bits per heavy atom. The lowest BCUT2D eigenvalue weighted by Gasteiger charge is -2.33. The fourth-order valence-electron chi connectivity index (χ4n) is 3.24. The monoisotopic (exact) mass is 412 g/mol. The normalized spacial score (nSPS) is 15.6. The van der Waals surface area contributed by atoms with Gasteiger partial charge < -0.3 is 14.5 Å². The topological polar surface area (TPSA) is 54.7 Å². The zero-order valence-electron chi connectivity index (χ0n) is 15.4. The van der Waals surface area contributed by atoms with Gasteiger partial charge in [0, 0.05) is 6.54 Å². The van der Waals surface area contributed by atoms with Crippen molar-refractivity contribution in [1.82, 2.24) is 10.2 Å². The number of amides is 1. The molecule has 0 bridgehead atoms. The molecule has 1 aromatic carbocycles. The number of aryl methyl sites for hydroxylation is 1. The van der Waals surface area contributed by atoms with Crippen molar-refractivity contribution in [3.05, 3.63) is 52.9 Å². The summed E-state index contributed by atoms with van der Waals surface area (Å²) in [5.74, 6) is 2.13. The molecule has 7 heteroatoms. The molecule has 5 nitrogen and oxygen atoms in total. The van der Waals surface area contributed by atoms with E-state index >= 15 is 0 Å². The lowest BCUT2D eigenvalue weighted by Crippen LogP contribution is -2.41. The van der Waals surface area contributed by atoms with Gasteiger partial charge in [-0.2, -0.15) is 0 Å². The van der Waals surface area contributed by atoms with Gasteiger partial charge in [0.1, 0.15) is 17.3 Å². The van der Waals surface area contributed by atoms with Crippen molar-refractivity contribution in [2.45, 2.75) is 32.2 Å². The van der Waals surface area contributed by atoms with E-state index in [-0.39, 0.29) is 31.0 Å². The zero-order chi connectivity index (χ0) is 18.4. The van der Waals surface area contributed by atoms with Crippen LogP contribution in [0.15, 0.2) is 40.8 Å². The summed E-state index contributed by atoms with van der Waals surface area (Å²) in [6, 6.07) is 11.1. The fraction of sp³-hybridized carbons (Fsp3) is 0.450. The highest BCUT2D eigenvalue weighted by Gasteiger charge is 2.25. The van der Waals surface area contributed by atoms with Crippen molar-refractivity contribution in [1.29, 1.82) is 0 Å². The number of benzene rings is 1. The van der Waals surface area contributed by atoms with E-state index in [1.165, 1.54) is 19.3 Å². The van der Waals surface area contributed by atoms with Crippen LogP contribution >= 0.6 is 24.0 Å². The Kier molecular flexibility index (Phi) is 8.48. The first-order chi connectivity index (χ1) is 12.6. The van der Waals surface area contributed by atoms with Gasteiger partial charge in [-0.25, -0.2) is 0 Å². The number of para-hydroxylation sites is 1. The van der Waals surface area contributed by atoms with Gasteiger partial charge in [-0.3, -0.25) is 9.69 Å². The number of likely N-dealkylation sites (tertiary alicyclic amines) is 1. The van der Waals surface area contributed by atoms with Crippen LogP contribution in [0.25, 0.3) is 0 Å². The first-order valence-electron chi connectivity index (χ1n) is 9.08. The predicted molar refractivity (Wildman–Crippen MR) is 109 cm³/mol. The summed E-state index contributed by atoms with van der Waals surface area (Å²) in [4.78, 5) is 14.6. The quantitative estimate of drug-likeness (QED) is 0.732. The molecule has 1 saturated heterocycles. The number of carbonyl (C=O) groups is 1. The second-order valence-corrected chi connectivity index (χ2v) is 6.99. The number of nitrogens with zero attached hydrogens (tertiary/aromatic N) is 1. The highest BCUT2D eigenvalue weighted by Crippen LogP contribution is 2.26. The second-order valence-electron chi connectivity index (χ2n) is 6.58. The fourth-order valence-corrected chi connectivity index (χ4v) is 3.43. The minimum Gasteiger partial charge on any atom is -0.482 e. The van der Waals surface area contributed by atoms with Crippen LogP contribution in [0.3, 0.4) is 0 Å². The third-order valence-electron chi connectivity index (χ3n) is 4.61. The highest BCUT2D eigenvalue weighted by atomic mass is 35.5. The number of ether oxygens (including phenoxy) is 1. The lowest BCUT2D eigenvalue weighted by molar-refractivity contribution is -0.123. The Hall–Kier alpha value is -1.69. The number of hydrogen-bond acceptors (Lipinski definition) is 4. The van der Waals surface area contributed by atoms with E-state index in [1.54, 1.807) is 12.1 Å². The average Bonchev–Trinajstić information content (AvgIpc) is 3.08. The molecule has 1 amide bonds. The van der Waals surface area contributed by atoms with E-state index in [0.29, 0.717) is 17.3 Å². The first-order valence-corrected chi connectivity index (χ1v) is 9.45. The molecule has 27 heavy (non-hydrogen) atoms. The van der Waals surface area contributed by atoms with Crippen molar-refractivity contribution in [3.63, 3.8) is 0 Å². The Balaban J connectivity index is 0.00000261. The largest absolute Gasteiger partial charge is 0.482 e. The zero-order valence-corrected chi connectivity index (χ0v) is 17.0. The average molecular weight is 413 g/mol. The minimum atomic E-state index is -0.171. The lowest BCUT2D eigenvalue weighted by atomic mass is 10.1. The molecule has 3 rings (SSSR count). The van der Waals surface area contributed by atoms with Crippen LogP contribution in [-0.2, 0) is 4.79 Å². The molecule has 1 aromatic heterocycles. The minimum absolute atomic E-state index is 0. The molecule has 1 fully saturated rings. The Labute approximate surface area is 171 Å². The van der Waals surface area contributed by atoms with Crippen LogP contribution in [0.1, 0.15) is 36.8 Å². The molecule has 1 atom stereocenters. The highest BCUT2D eigenvalue weighted by molar-refractivity contribution is 6.32. The smallest absolute Gasteiger partial charge is 0.258 e. The maximum absolute atomic E-state index is 12.2. The van der Waals surface area contributed by atoms with E-state index in [9.17, 15) is 4.79 Å². The van der Waals surface area contributed by atoms with Crippen LogP contribution in [0.4, 0.5) is 0 Å². The van der Waals surface area contributed by atoms with E-state index in [2.05, 4.69) is 10.2 Å². The Morgan fingerprint density at radius 3 is 2.63 bits per heavy atom. The first kappa shape index (κ1) is 21.6. The summed E-state index contributed by atoms with van der Waals surface area (Å²) >= 11 is 6.04. The van der Waals surface area contributed by atoms with Gasteiger partial charge in [-0.1, -0.05) is 30.2 Å². The number of furan rings is 1. The number of hydrogen-bond donors (Lipinski definition) is 1. The number of halogens is 2. The molecule has 1 aliphatic heterocycles. The van der Waals surface area contributed by atoms with Gasteiger partial charge in [0.2, 0.25) is 0 Å². The van der Waals surface area contributed by atoms with E-state index in [1.807, 2.05) is 31.2 Å². The number of piperidine rings is 1. The summed E-state index contributed by atoms with van der Waals surface area (Å²) in [6.07, 6.45) is 3.62. The SMILES string of the molecule is Cc1ccc(C(CNC(=O)COc2ccccc2Cl)N2CCCCC2)o1.Cl. The molecule has 0 spiro atoms. The molecule has 2 heterocycles. The molecule has 2 aromatic rings. The Morgan fingerprint density at radius 2 is 1.96 bits per heavy atom. The van der Waals surface area contributed by atoms with E-state index < -0.39 is 0 Å². The van der Waals surface area contributed by atoms with Crippen LogP contribution in [0.2, 0.25) is 5.02 Å². The van der Waals surface area contributed by atoms with Gasteiger partial charge in [-0.15, -0.1) is 12.4 Å². The van der Waals surface area contributed by atoms with Gasteiger partial charge >= 0.3 is 0 Å². The number of rotatable bonds is 7. The number of nitrogens with one attached hydrogen (secondary N) is 1. The third-order valence-corrected chi connectivity index (χ3v) is 4.92. The van der Waals surface area contributed by atoms with Crippen molar-refractivity contribution in [3.8, 4) is 5.75 Å². The summed E-state index contributed by atoms with van der Waals surface area (Å²) < 4.78 is 11.3. The van der Waals surface area contributed by atoms with Crippen molar-refractivity contribution in [2.75, 3.05) is 26.2 Å². The maximum atomic E-state index is 12.2. The summed E-state index contributed by atoms with van der Waals surface area (Å²) in [6.45, 7) is 4.42. The van der Waals surface area contributed by atoms with E-state index in [0.717, 1.165) is 24.6 Å². The molecule has 0 aliphatic carbocycles. The molecule has 0 radical (unpaired) electrons. The van der Waals surface area contributed by atoms with Crippen molar-refractivity contribution in [2.24, 2.45) is 0 Å².